The van der Waals surface area contributed by atoms with Crippen LogP contribution in [0, 0.1) is 0 Å². The largest absolute Gasteiger partial charge is 0.507 e. The maximum absolute atomic E-state index is 12.9. The van der Waals surface area contributed by atoms with Gasteiger partial charge in [-0.1, -0.05) is 44.2 Å². The number of hydrogen-bond donors (Lipinski definition) is 2. The maximum atomic E-state index is 12.9. The number of carbonyl (C=O) groups is 2. The molecule has 10 heteroatoms. The van der Waals surface area contributed by atoms with Gasteiger partial charge in [-0.05, 0) is 42.0 Å². The van der Waals surface area contributed by atoms with Gasteiger partial charge in [0.1, 0.15) is 17.1 Å². The van der Waals surface area contributed by atoms with E-state index in [1.807, 2.05) is 50.1 Å². The van der Waals surface area contributed by atoms with Gasteiger partial charge in [-0.25, -0.2) is 13.2 Å². The lowest BCUT2D eigenvalue weighted by Crippen LogP contribution is -2.25. The number of ketones is 1. The number of allylic oxidation sites excluding steroid dienone is 1. The molecule has 0 fully saturated rings. The zero-order valence-electron chi connectivity index (χ0n) is 21.4. The van der Waals surface area contributed by atoms with Crippen LogP contribution in [0.5, 0.6) is 11.5 Å². The minimum atomic E-state index is -4.14. The number of nitrogens with zero attached hydrogens (tertiary/aromatic N) is 1. The molecule has 0 saturated heterocycles. The molecule has 0 unspecified atom stereocenters. The number of likely N-dealkylation sites (N-methyl/N-ethyl adjacent to an activating group) is 1. The lowest BCUT2D eigenvalue weighted by molar-refractivity contribution is -0.117. The zero-order valence-corrected chi connectivity index (χ0v) is 22.2. The van der Waals surface area contributed by atoms with E-state index in [0.717, 1.165) is 35.1 Å². The van der Waals surface area contributed by atoms with Crippen LogP contribution in [0.25, 0.3) is 0 Å². The van der Waals surface area contributed by atoms with Crippen molar-refractivity contribution >= 4 is 33.2 Å². The summed E-state index contributed by atoms with van der Waals surface area (Å²) in [7, 11) is -0.873. The van der Waals surface area contributed by atoms with Gasteiger partial charge < -0.3 is 19.5 Å². The minimum Gasteiger partial charge on any atom is -0.507 e. The van der Waals surface area contributed by atoms with Gasteiger partial charge in [-0.15, -0.1) is 0 Å². The second kappa shape index (κ2) is 10.2. The van der Waals surface area contributed by atoms with Crippen molar-refractivity contribution in [3.8, 4) is 11.5 Å². The zero-order chi connectivity index (χ0) is 27.7. The molecule has 0 aromatic heterocycles. The molecule has 198 valence electrons. The Bertz CT molecular complexity index is 1540. The van der Waals surface area contributed by atoms with Gasteiger partial charge in [0.25, 0.3) is 10.0 Å². The monoisotopic (exact) mass is 536 g/mol. The van der Waals surface area contributed by atoms with Crippen molar-refractivity contribution in [2.75, 3.05) is 30.4 Å². The average Bonchev–Trinajstić information content (AvgIpc) is 3.08. The molecular weight excluding hydrogens is 508 g/mol. The molecule has 0 spiro atoms. The third-order valence-electron chi connectivity index (χ3n) is 6.43. The highest BCUT2D eigenvalue weighted by Gasteiger charge is 2.38. The Hall–Kier alpha value is -4.31. The molecule has 0 atom stereocenters. The summed E-state index contributed by atoms with van der Waals surface area (Å²) >= 11 is 0. The number of esters is 1. The number of aromatic hydroxyl groups is 1. The minimum absolute atomic E-state index is 0.202. The van der Waals surface area contributed by atoms with Crippen molar-refractivity contribution in [2.45, 2.75) is 24.2 Å². The number of nitrogens with one attached hydrogen (secondary N) is 1. The van der Waals surface area contributed by atoms with E-state index in [1.54, 1.807) is 18.2 Å². The summed E-state index contributed by atoms with van der Waals surface area (Å²) in [5, 5.41) is 10.2. The third-order valence-corrected chi connectivity index (χ3v) is 7.80. The molecule has 0 amide bonds. The first-order chi connectivity index (χ1) is 18.0. The standard InChI is InChI=1S/C28H28N2O7S/c1-28(2)21-9-5-7-11-23(21)30(3)26(28)15-18(31)17-37-27(33)20-16-19(13-14-24(20)32)38(34,35)29-22-10-6-8-12-25(22)36-4/h5-16,29,32H,17H2,1-4H3. The Labute approximate surface area is 221 Å². The van der Waals surface area contributed by atoms with E-state index < -0.39 is 39.5 Å². The summed E-state index contributed by atoms with van der Waals surface area (Å²) in [5.41, 5.74) is 2.19. The third kappa shape index (κ3) is 5.08. The van der Waals surface area contributed by atoms with E-state index in [0.29, 0.717) is 5.75 Å². The van der Waals surface area contributed by atoms with Crippen LogP contribution in [-0.2, 0) is 25.0 Å². The Morgan fingerprint density at radius 1 is 1.05 bits per heavy atom. The number of hydrogen-bond acceptors (Lipinski definition) is 8. The number of fused-ring (bicyclic) bond motifs is 1. The number of carbonyl (C=O) groups excluding carboxylic acids is 2. The predicted octanol–water partition coefficient (Wildman–Crippen LogP) is 4.24. The number of benzene rings is 3. The van der Waals surface area contributed by atoms with E-state index in [4.69, 9.17) is 9.47 Å². The lowest BCUT2D eigenvalue weighted by atomic mass is 9.83. The molecule has 1 aliphatic heterocycles. The molecule has 9 nitrogen and oxygen atoms in total. The second-order valence-electron chi connectivity index (χ2n) is 9.26. The van der Waals surface area contributed by atoms with E-state index in [9.17, 15) is 23.1 Å². The molecule has 3 aromatic rings. The fourth-order valence-electron chi connectivity index (χ4n) is 4.45. The summed E-state index contributed by atoms with van der Waals surface area (Å²) in [5.74, 6) is -1.67. The van der Waals surface area contributed by atoms with Gasteiger partial charge in [0.15, 0.2) is 12.4 Å². The summed E-state index contributed by atoms with van der Waals surface area (Å²) < 4.78 is 38.6. The van der Waals surface area contributed by atoms with Crippen LogP contribution < -0.4 is 14.4 Å². The van der Waals surface area contributed by atoms with Gasteiger partial charge in [0.05, 0.1) is 17.7 Å². The first-order valence-electron chi connectivity index (χ1n) is 11.7. The smallest absolute Gasteiger partial charge is 0.342 e. The summed E-state index contributed by atoms with van der Waals surface area (Å²) in [4.78, 5) is 27.1. The molecular formula is C28H28N2O7S. The molecule has 0 aliphatic carbocycles. The number of phenolic OH excluding ortho intramolecular Hbond substituents is 1. The maximum Gasteiger partial charge on any atom is 0.342 e. The topological polar surface area (TPSA) is 122 Å². The summed E-state index contributed by atoms with van der Waals surface area (Å²) in [6.45, 7) is 3.42. The molecule has 1 aliphatic rings. The number of sulfonamides is 1. The molecule has 3 aromatic carbocycles. The first-order valence-corrected chi connectivity index (χ1v) is 13.2. The molecule has 0 bridgehead atoms. The van der Waals surface area contributed by atoms with Crippen molar-refractivity contribution in [3.63, 3.8) is 0 Å². The van der Waals surface area contributed by atoms with Gasteiger partial charge in [-0.3, -0.25) is 9.52 Å². The SMILES string of the molecule is COc1ccccc1NS(=O)(=O)c1ccc(O)c(C(=O)OCC(=O)C=C2N(C)c3ccccc3C2(C)C)c1. The fourth-order valence-corrected chi connectivity index (χ4v) is 5.54. The van der Waals surface area contributed by atoms with E-state index in [-0.39, 0.29) is 16.1 Å². The van der Waals surface area contributed by atoms with E-state index in [1.165, 1.54) is 19.3 Å². The summed E-state index contributed by atoms with van der Waals surface area (Å²) in [6, 6.07) is 17.5. The highest BCUT2D eigenvalue weighted by Crippen LogP contribution is 2.46. The Morgan fingerprint density at radius 3 is 2.45 bits per heavy atom. The van der Waals surface area contributed by atoms with E-state index in [2.05, 4.69) is 4.72 Å². The highest BCUT2D eigenvalue weighted by atomic mass is 32.2. The van der Waals surface area contributed by atoms with Crippen LogP contribution in [0.4, 0.5) is 11.4 Å². The van der Waals surface area contributed by atoms with Crippen LogP contribution >= 0.6 is 0 Å². The Morgan fingerprint density at radius 2 is 1.74 bits per heavy atom. The lowest BCUT2D eigenvalue weighted by Gasteiger charge is -2.23. The van der Waals surface area contributed by atoms with Crippen molar-refractivity contribution in [1.82, 2.24) is 0 Å². The van der Waals surface area contributed by atoms with Gasteiger partial charge in [-0.2, -0.15) is 0 Å². The Kier molecular flexibility index (Phi) is 7.19. The van der Waals surface area contributed by atoms with E-state index >= 15 is 0 Å². The molecule has 0 radical (unpaired) electrons. The fraction of sp³-hybridized carbons (Fsp3) is 0.214. The quantitative estimate of drug-likeness (QED) is 0.324. The molecule has 38 heavy (non-hydrogen) atoms. The van der Waals surface area contributed by atoms with Crippen LogP contribution in [0.2, 0.25) is 0 Å². The van der Waals surface area contributed by atoms with Crippen molar-refractivity contribution in [2.24, 2.45) is 0 Å². The first kappa shape index (κ1) is 26.7. The van der Waals surface area contributed by atoms with Gasteiger partial charge >= 0.3 is 5.97 Å². The van der Waals surface area contributed by atoms with Crippen LogP contribution in [0.15, 0.2) is 83.4 Å². The summed E-state index contributed by atoms with van der Waals surface area (Å²) in [6.07, 6.45) is 1.44. The van der Waals surface area contributed by atoms with Gasteiger partial charge in [0.2, 0.25) is 0 Å². The van der Waals surface area contributed by atoms with Crippen molar-refractivity contribution in [1.29, 1.82) is 0 Å². The second-order valence-corrected chi connectivity index (χ2v) is 10.9. The van der Waals surface area contributed by atoms with Crippen molar-refractivity contribution < 1.29 is 32.6 Å². The molecule has 2 N–H and O–H groups in total. The number of methoxy groups -OCH3 is 1. The highest BCUT2D eigenvalue weighted by molar-refractivity contribution is 7.92. The average molecular weight is 537 g/mol. The van der Waals surface area contributed by atoms with Crippen LogP contribution in [0.3, 0.4) is 0 Å². The van der Waals surface area contributed by atoms with Gasteiger partial charge in [0, 0.05) is 29.9 Å². The predicted molar refractivity (Wildman–Crippen MR) is 143 cm³/mol. The number of ether oxygens (including phenoxy) is 2. The number of anilines is 2. The number of phenols is 1. The molecule has 1 heterocycles. The molecule has 4 rings (SSSR count). The number of rotatable bonds is 8. The van der Waals surface area contributed by atoms with Crippen LogP contribution in [-0.4, -0.2) is 46.0 Å². The van der Waals surface area contributed by atoms with Crippen molar-refractivity contribution in [3.05, 3.63) is 89.6 Å². The Balaban J connectivity index is 1.49. The normalized spacial score (nSPS) is 15.2. The molecule has 0 saturated carbocycles. The number of para-hydroxylation sites is 3. The van der Waals surface area contributed by atoms with Crippen LogP contribution in [0.1, 0.15) is 29.8 Å².